The SMILES string of the molecule is Cn1cc(-c2nc3ccccn3c2NC(=O)N[C@@H]2CCOc3c(F)ccc(F)c32)cn1. The number of pyridine rings is 1. The molecule has 0 radical (unpaired) electrons. The molecule has 0 unspecified atom stereocenters. The number of aromatic nitrogens is 4. The molecule has 0 fully saturated rings. The first-order chi connectivity index (χ1) is 15.0. The van der Waals surface area contributed by atoms with E-state index < -0.39 is 23.7 Å². The number of imidazole rings is 1. The van der Waals surface area contributed by atoms with E-state index in [1.807, 2.05) is 18.2 Å². The van der Waals surface area contributed by atoms with Crippen LogP contribution in [0.4, 0.5) is 19.4 Å². The average molecular weight is 424 g/mol. The molecule has 0 saturated heterocycles. The predicted molar refractivity (Wildman–Crippen MR) is 109 cm³/mol. The predicted octanol–water partition coefficient (Wildman–Crippen LogP) is 3.66. The number of benzene rings is 1. The zero-order chi connectivity index (χ0) is 21.5. The standard InChI is InChI=1S/C21H18F2N6O2/c1-28-11-12(10-24-28)18-20(29-8-3-2-4-16(29)26-18)27-21(30)25-15-7-9-31-19-14(23)6-5-13(22)17(15)19/h2-6,8,10-11,15H,7,9H2,1H3,(H2,25,27,30)/t15-/m1/s1. The van der Waals surface area contributed by atoms with Gasteiger partial charge in [-0.05, 0) is 24.3 Å². The lowest BCUT2D eigenvalue weighted by Gasteiger charge is -2.27. The maximum atomic E-state index is 14.4. The molecule has 31 heavy (non-hydrogen) atoms. The van der Waals surface area contributed by atoms with Crippen molar-refractivity contribution in [3.05, 3.63) is 66.1 Å². The number of urea groups is 1. The number of carbonyl (C=O) groups excluding carboxylic acids is 1. The van der Waals surface area contributed by atoms with Crippen LogP contribution in [-0.4, -0.2) is 31.8 Å². The summed E-state index contributed by atoms with van der Waals surface area (Å²) in [6.07, 6.45) is 5.52. The molecule has 4 heterocycles. The molecule has 0 aliphatic carbocycles. The average Bonchev–Trinajstić information content (AvgIpc) is 3.34. The molecular weight excluding hydrogens is 406 g/mol. The highest BCUT2D eigenvalue weighted by Crippen LogP contribution is 2.36. The summed E-state index contributed by atoms with van der Waals surface area (Å²) in [5.74, 6) is -1.02. The molecule has 4 aromatic rings. The van der Waals surface area contributed by atoms with Gasteiger partial charge in [-0.2, -0.15) is 5.10 Å². The highest BCUT2D eigenvalue weighted by Gasteiger charge is 2.29. The Kier molecular flexibility index (Phi) is 4.54. The first-order valence-electron chi connectivity index (χ1n) is 9.65. The number of anilines is 1. The van der Waals surface area contributed by atoms with E-state index in [1.165, 1.54) is 0 Å². The Bertz CT molecular complexity index is 1300. The van der Waals surface area contributed by atoms with Crippen molar-refractivity contribution in [3.8, 4) is 17.0 Å². The number of aryl methyl sites for hydroxylation is 1. The van der Waals surface area contributed by atoms with Crippen molar-refractivity contribution in [1.82, 2.24) is 24.5 Å². The molecular formula is C21H18F2N6O2. The largest absolute Gasteiger partial charge is 0.490 e. The molecule has 2 N–H and O–H groups in total. The van der Waals surface area contributed by atoms with Crippen LogP contribution in [0.25, 0.3) is 16.9 Å². The zero-order valence-electron chi connectivity index (χ0n) is 16.5. The van der Waals surface area contributed by atoms with Crippen LogP contribution in [0.1, 0.15) is 18.0 Å². The number of ether oxygens (including phenoxy) is 1. The monoisotopic (exact) mass is 424 g/mol. The molecule has 1 aliphatic rings. The van der Waals surface area contributed by atoms with E-state index in [0.717, 1.165) is 17.7 Å². The van der Waals surface area contributed by atoms with E-state index in [1.54, 1.807) is 34.7 Å². The molecule has 1 aromatic carbocycles. The van der Waals surface area contributed by atoms with Gasteiger partial charge in [0, 0.05) is 31.4 Å². The molecule has 3 aromatic heterocycles. The van der Waals surface area contributed by atoms with Crippen molar-refractivity contribution in [2.24, 2.45) is 7.05 Å². The first kappa shape index (κ1) is 19.0. The van der Waals surface area contributed by atoms with Crippen molar-refractivity contribution >= 4 is 17.5 Å². The highest BCUT2D eigenvalue weighted by atomic mass is 19.1. The van der Waals surface area contributed by atoms with Gasteiger partial charge in [0.2, 0.25) is 0 Å². The van der Waals surface area contributed by atoms with E-state index in [0.29, 0.717) is 23.6 Å². The summed E-state index contributed by atoms with van der Waals surface area (Å²) in [5, 5.41) is 9.71. The number of halogens is 2. The van der Waals surface area contributed by atoms with Gasteiger partial charge in [0.25, 0.3) is 0 Å². The van der Waals surface area contributed by atoms with Crippen molar-refractivity contribution in [2.75, 3.05) is 11.9 Å². The van der Waals surface area contributed by atoms with E-state index >= 15 is 0 Å². The summed E-state index contributed by atoms with van der Waals surface area (Å²) in [4.78, 5) is 17.5. The van der Waals surface area contributed by atoms with Gasteiger partial charge in [0.05, 0.1) is 24.4 Å². The molecule has 0 saturated carbocycles. The minimum atomic E-state index is -0.736. The molecule has 1 aliphatic heterocycles. The number of amides is 2. The fourth-order valence-electron chi connectivity index (χ4n) is 3.75. The zero-order valence-corrected chi connectivity index (χ0v) is 16.5. The summed E-state index contributed by atoms with van der Waals surface area (Å²) < 4.78 is 37.1. The fourth-order valence-corrected chi connectivity index (χ4v) is 3.75. The lowest BCUT2D eigenvalue weighted by molar-refractivity contribution is 0.224. The van der Waals surface area contributed by atoms with Crippen LogP contribution in [-0.2, 0) is 7.05 Å². The van der Waals surface area contributed by atoms with Crippen LogP contribution < -0.4 is 15.4 Å². The third-order valence-electron chi connectivity index (χ3n) is 5.14. The molecule has 158 valence electrons. The van der Waals surface area contributed by atoms with Crippen LogP contribution in [0.5, 0.6) is 5.75 Å². The number of carbonyl (C=O) groups is 1. The van der Waals surface area contributed by atoms with E-state index in [9.17, 15) is 13.6 Å². The third-order valence-corrected chi connectivity index (χ3v) is 5.14. The quantitative estimate of drug-likeness (QED) is 0.526. The Hall–Kier alpha value is -3.95. The van der Waals surface area contributed by atoms with E-state index in [-0.39, 0.29) is 17.9 Å². The molecule has 0 bridgehead atoms. The Morgan fingerprint density at radius 2 is 2.06 bits per heavy atom. The van der Waals surface area contributed by atoms with Gasteiger partial charge in [0.15, 0.2) is 11.6 Å². The molecule has 1 atom stereocenters. The Labute approximate surface area is 175 Å². The maximum absolute atomic E-state index is 14.4. The summed E-state index contributed by atoms with van der Waals surface area (Å²) >= 11 is 0. The fraction of sp³-hybridized carbons (Fsp3) is 0.190. The van der Waals surface area contributed by atoms with Crippen molar-refractivity contribution in [2.45, 2.75) is 12.5 Å². The number of hydrogen-bond acceptors (Lipinski definition) is 4. The second-order valence-corrected chi connectivity index (χ2v) is 7.20. The molecule has 2 amide bonds. The second kappa shape index (κ2) is 7.38. The Balaban J connectivity index is 1.47. The van der Waals surface area contributed by atoms with Gasteiger partial charge < -0.3 is 10.1 Å². The van der Waals surface area contributed by atoms with Crippen LogP contribution in [0.3, 0.4) is 0 Å². The summed E-state index contributed by atoms with van der Waals surface area (Å²) in [7, 11) is 1.79. The van der Waals surface area contributed by atoms with Crippen LogP contribution >= 0.6 is 0 Å². The summed E-state index contributed by atoms with van der Waals surface area (Å²) in [6.45, 7) is 0.162. The minimum absolute atomic E-state index is 0.00650. The number of fused-ring (bicyclic) bond motifs is 2. The number of nitrogens with one attached hydrogen (secondary N) is 2. The number of hydrogen-bond donors (Lipinski definition) is 2. The number of rotatable bonds is 3. The topological polar surface area (TPSA) is 85.5 Å². The first-order valence-corrected chi connectivity index (χ1v) is 9.65. The summed E-state index contributed by atoms with van der Waals surface area (Å²) in [6, 6.07) is 6.20. The Morgan fingerprint density at radius 1 is 1.23 bits per heavy atom. The minimum Gasteiger partial charge on any atom is -0.490 e. The smallest absolute Gasteiger partial charge is 0.320 e. The Morgan fingerprint density at radius 3 is 2.87 bits per heavy atom. The molecule has 8 nitrogen and oxygen atoms in total. The molecule has 0 spiro atoms. The lowest BCUT2D eigenvalue weighted by Crippen LogP contribution is -2.36. The maximum Gasteiger partial charge on any atom is 0.320 e. The van der Waals surface area contributed by atoms with Crippen molar-refractivity contribution in [1.29, 1.82) is 0 Å². The molecule has 5 rings (SSSR count). The van der Waals surface area contributed by atoms with Gasteiger partial charge in [-0.1, -0.05) is 6.07 Å². The second-order valence-electron chi connectivity index (χ2n) is 7.20. The van der Waals surface area contributed by atoms with Crippen LogP contribution in [0, 0.1) is 11.6 Å². The molecule has 10 heteroatoms. The van der Waals surface area contributed by atoms with Gasteiger partial charge >= 0.3 is 6.03 Å². The van der Waals surface area contributed by atoms with Gasteiger partial charge in [-0.15, -0.1) is 0 Å². The lowest BCUT2D eigenvalue weighted by atomic mass is 9.99. The third kappa shape index (κ3) is 3.35. The van der Waals surface area contributed by atoms with Crippen molar-refractivity contribution in [3.63, 3.8) is 0 Å². The summed E-state index contributed by atoms with van der Waals surface area (Å²) in [5.41, 5.74) is 1.92. The van der Waals surface area contributed by atoms with Gasteiger partial charge in [-0.3, -0.25) is 14.4 Å². The van der Waals surface area contributed by atoms with Gasteiger partial charge in [0.1, 0.15) is 23.0 Å². The van der Waals surface area contributed by atoms with E-state index in [2.05, 4.69) is 20.7 Å². The normalized spacial score (nSPS) is 15.4. The van der Waals surface area contributed by atoms with Gasteiger partial charge in [-0.25, -0.2) is 18.6 Å². The highest BCUT2D eigenvalue weighted by molar-refractivity contribution is 5.93. The van der Waals surface area contributed by atoms with Crippen molar-refractivity contribution < 1.29 is 18.3 Å². The van der Waals surface area contributed by atoms with Crippen LogP contribution in [0.2, 0.25) is 0 Å². The van der Waals surface area contributed by atoms with Crippen LogP contribution in [0.15, 0.2) is 48.9 Å². The van der Waals surface area contributed by atoms with E-state index in [4.69, 9.17) is 4.74 Å². The number of nitrogens with zero attached hydrogens (tertiary/aromatic N) is 4.